The lowest BCUT2D eigenvalue weighted by Crippen LogP contribution is -2.36. The molecule has 0 unspecified atom stereocenters. The molecule has 1 aliphatic carbocycles. The monoisotopic (exact) mass is 353 g/mol. The van der Waals surface area contributed by atoms with Gasteiger partial charge in [0.15, 0.2) is 5.84 Å². The first-order chi connectivity index (χ1) is 10.0. The van der Waals surface area contributed by atoms with Crippen molar-refractivity contribution in [3.05, 3.63) is 28.2 Å². The van der Waals surface area contributed by atoms with Gasteiger partial charge in [0.2, 0.25) is 0 Å². The molecule has 0 amide bonds. The number of amidine groups is 1. The number of nitrogens with zero attached hydrogens (tertiary/aromatic N) is 2. The van der Waals surface area contributed by atoms with E-state index in [2.05, 4.69) is 52.0 Å². The van der Waals surface area contributed by atoms with Crippen LogP contribution in [0.4, 0.5) is 5.69 Å². The van der Waals surface area contributed by atoms with Crippen LogP contribution in [0.5, 0.6) is 0 Å². The standard InChI is InChI=1S/C16H24BrN3O/c1-11(2)10-20(12-5-3-4-6-12)13-7-8-14(15(17)9-13)16(18)19-21/h7-9,11-12,21H,3-6,10H2,1-2H3,(H2,18,19). The molecule has 1 aromatic rings. The Labute approximate surface area is 135 Å². The minimum atomic E-state index is 0.129. The molecule has 1 fully saturated rings. The zero-order valence-electron chi connectivity index (χ0n) is 12.7. The lowest BCUT2D eigenvalue weighted by molar-refractivity contribution is 0.318. The Balaban J connectivity index is 2.29. The van der Waals surface area contributed by atoms with E-state index in [4.69, 9.17) is 10.9 Å². The molecule has 0 spiro atoms. The highest BCUT2D eigenvalue weighted by atomic mass is 79.9. The molecule has 0 bridgehead atoms. The maximum atomic E-state index is 8.81. The van der Waals surface area contributed by atoms with E-state index in [-0.39, 0.29) is 5.84 Å². The van der Waals surface area contributed by atoms with Crippen molar-refractivity contribution in [2.75, 3.05) is 11.4 Å². The van der Waals surface area contributed by atoms with Crippen LogP contribution >= 0.6 is 15.9 Å². The van der Waals surface area contributed by atoms with E-state index in [0.717, 1.165) is 16.6 Å². The summed E-state index contributed by atoms with van der Waals surface area (Å²) in [5.74, 6) is 0.748. The van der Waals surface area contributed by atoms with Crippen LogP contribution in [0.3, 0.4) is 0 Å². The first-order valence-electron chi connectivity index (χ1n) is 7.57. The Morgan fingerprint density at radius 3 is 2.62 bits per heavy atom. The molecule has 1 saturated carbocycles. The van der Waals surface area contributed by atoms with E-state index in [0.29, 0.717) is 12.0 Å². The van der Waals surface area contributed by atoms with Crippen molar-refractivity contribution < 1.29 is 5.21 Å². The lowest BCUT2D eigenvalue weighted by Gasteiger charge is -2.33. The van der Waals surface area contributed by atoms with Crippen LogP contribution in [0, 0.1) is 5.92 Å². The van der Waals surface area contributed by atoms with Gasteiger partial charge in [0.05, 0.1) is 0 Å². The van der Waals surface area contributed by atoms with E-state index in [1.807, 2.05) is 6.07 Å². The minimum absolute atomic E-state index is 0.129. The van der Waals surface area contributed by atoms with Crippen LogP contribution in [-0.4, -0.2) is 23.6 Å². The smallest absolute Gasteiger partial charge is 0.171 e. The van der Waals surface area contributed by atoms with Gasteiger partial charge in [-0.2, -0.15) is 0 Å². The minimum Gasteiger partial charge on any atom is -0.409 e. The molecule has 3 N–H and O–H groups in total. The number of nitrogens with two attached hydrogens (primary N) is 1. The molecule has 0 radical (unpaired) electrons. The van der Waals surface area contributed by atoms with Crippen molar-refractivity contribution in [1.29, 1.82) is 0 Å². The SMILES string of the molecule is CC(C)CN(c1ccc(/C(N)=N/O)c(Br)c1)C1CCCC1. The first-order valence-corrected chi connectivity index (χ1v) is 8.36. The molecule has 21 heavy (non-hydrogen) atoms. The number of benzene rings is 1. The van der Waals surface area contributed by atoms with Crippen LogP contribution in [0.2, 0.25) is 0 Å². The fourth-order valence-corrected chi connectivity index (χ4v) is 3.59. The van der Waals surface area contributed by atoms with Crippen molar-refractivity contribution in [2.24, 2.45) is 16.8 Å². The van der Waals surface area contributed by atoms with Crippen LogP contribution in [-0.2, 0) is 0 Å². The Kier molecular flexibility index (Phi) is 5.51. The van der Waals surface area contributed by atoms with Gasteiger partial charge in [-0.1, -0.05) is 31.8 Å². The third-order valence-electron chi connectivity index (χ3n) is 4.00. The van der Waals surface area contributed by atoms with Crippen LogP contribution in [0.25, 0.3) is 0 Å². The number of anilines is 1. The number of hydrogen-bond donors (Lipinski definition) is 2. The second-order valence-corrected chi connectivity index (χ2v) is 6.99. The van der Waals surface area contributed by atoms with Gasteiger partial charge in [-0.15, -0.1) is 0 Å². The van der Waals surface area contributed by atoms with Gasteiger partial charge in [0.25, 0.3) is 0 Å². The highest BCUT2D eigenvalue weighted by molar-refractivity contribution is 9.10. The summed E-state index contributed by atoms with van der Waals surface area (Å²) in [7, 11) is 0. The van der Waals surface area contributed by atoms with Crippen LogP contribution in [0.1, 0.15) is 45.1 Å². The van der Waals surface area contributed by atoms with E-state index < -0.39 is 0 Å². The van der Waals surface area contributed by atoms with Crippen LogP contribution < -0.4 is 10.6 Å². The summed E-state index contributed by atoms with van der Waals surface area (Å²) in [4.78, 5) is 2.51. The molecule has 1 aliphatic rings. The van der Waals surface area contributed by atoms with E-state index in [1.54, 1.807) is 0 Å². The Bertz CT molecular complexity index is 510. The van der Waals surface area contributed by atoms with E-state index >= 15 is 0 Å². The Hall–Kier alpha value is -1.23. The Morgan fingerprint density at radius 2 is 2.10 bits per heavy atom. The third kappa shape index (κ3) is 3.90. The summed E-state index contributed by atoms with van der Waals surface area (Å²) >= 11 is 3.53. The van der Waals surface area contributed by atoms with Gasteiger partial charge < -0.3 is 15.8 Å². The molecular formula is C16H24BrN3O. The second-order valence-electron chi connectivity index (χ2n) is 6.13. The van der Waals surface area contributed by atoms with Crippen molar-refractivity contribution in [2.45, 2.75) is 45.6 Å². The van der Waals surface area contributed by atoms with Crippen molar-refractivity contribution >= 4 is 27.5 Å². The molecule has 0 aromatic heterocycles. The average molecular weight is 354 g/mol. The topological polar surface area (TPSA) is 61.8 Å². The van der Waals surface area contributed by atoms with Gasteiger partial charge in [-0.05, 0) is 52.9 Å². The molecule has 4 nitrogen and oxygen atoms in total. The second kappa shape index (κ2) is 7.16. The number of oxime groups is 1. The molecule has 5 heteroatoms. The summed E-state index contributed by atoms with van der Waals surface area (Å²) in [6, 6.07) is 6.69. The summed E-state index contributed by atoms with van der Waals surface area (Å²) in [5.41, 5.74) is 7.61. The first kappa shape index (κ1) is 16.1. The van der Waals surface area contributed by atoms with Crippen LogP contribution in [0.15, 0.2) is 27.8 Å². The highest BCUT2D eigenvalue weighted by Crippen LogP contribution is 2.31. The predicted molar refractivity (Wildman–Crippen MR) is 91.1 cm³/mol. The van der Waals surface area contributed by atoms with Crippen molar-refractivity contribution in [3.8, 4) is 0 Å². The summed E-state index contributed by atoms with van der Waals surface area (Å²) in [5, 5.41) is 11.9. The molecular weight excluding hydrogens is 330 g/mol. The third-order valence-corrected chi connectivity index (χ3v) is 4.65. The molecule has 0 heterocycles. The zero-order chi connectivity index (χ0) is 15.4. The summed E-state index contributed by atoms with van der Waals surface area (Å²) in [6.07, 6.45) is 5.18. The maximum Gasteiger partial charge on any atom is 0.171 e. The van der Waals surface area contributed by atoms with Crippen molar-refractivity contribution in [3.63, 3.8) is 0 Å². The summed E-state index contributed by atoms with van der Waals surface area (Å²) < 4.78 is 0.863. The Morgan fingerprint density at radius 1 is 1.43 bits per heavy atom. The van der Waals surface area contributed by atoms with Gasteiger partial charge in [-0.3, -0.25) is 0 Å². The largest absolute Gasteiger partial charge is 0.409 e. The number of hydrogen-bond acceptors (Lipinski definition) is 3. The number of rotatable bonds is 5. The molecule has 2 rings (SSSR count). The van der Waals surface area contributed by atoms with Crippen molar-refractivity contribution in [1.82, 2.24) is 0 Å². The van der Waals surface area contributed by atoms with Gasteiger partial charge in [-0.25, -0.2) is 0 Å². The number of halogens is 1. The van der Waals surface area contributed by atoms with E-state index in [9.17, 15) is 0 Å². The van der Waals surface area contributed by atoms with E-state index in [1.165, 1.54) is 31.4 Å². The summed E-state index contributed by atoms with van der Waals surface area (Å²) in [6.45, 7) is 5.56. The molecule has 0 aliphatic heterocycles. The van der Waals surface area contributed by atoms with Gasteiger partial charge >= 0.3 is 0 Å². The fraction of sp³-hybridized carbons (Fsp3) is 0.562. The lowest BCUT2D eigenvalue weighted by atomic mass is 10.1. The molecule has 1 aromatic carbocycles. The highest BCUT2D eigenvalue weighted by Gasteiger charge is 2.24. The predicted octanol–water partition coefficient (Wildman–Crippen LogP) is 3.95. The molecule has 0 saturated heterocycles. The molecule has 0 atom stereocenters. The maximum absolute atomic E-state index is 8.81. The van der Waals surface area contributed by atoms with Gasteiger partial charge in [0.1, 0.15) is 0 Å². The average Bonchev–Trinajstić information content (AvgIpc) is 2.97. The fourth-order valence-electron chi connectivity index (χ4n) is 3.02. The molecule has 116 valence electrons. The van der Waals surface area contributed by atoms with Gasteiger partial charge in [0, 0.05) is 28.3 Å². The quantitative estimate of drug-likeness (QED) is 0.364. The zero-order valence-corrected chi connectivity index (χ0v) is 14.3. The normalized spacial score (nSPS) is 16.7.